The molecule has 6 nitrogen and oxygen atoms in total. The number of aromatic nitrogens is 2. The summed E-state index contributed by atoms with van der Waals surface area (Å²) in [4.78, 5) is 11.9. The molecular formula is C16H20ClFN4O2. The van der Waals surface area contributed by atoms with Crippen molar-refractivity contribution in [3.8, 4) is 5.69 Å². The molecule has 0 saturated carbocycles. The van der Waals surface area contributed by atoms with Crippen molar-refractivity contribution in [2.75, 3.05) is 26.3 Å². The molecule has 1 aliphatic rings. The Kier molecular flexibility index (Phi) is 6.72. The van der Waals surface area contributed by atoms with Gasteiger partial charge in [-0.25, -0.2) is 9.07 Å². The Bertz CT molecular complexity index is 656. The maximum atomic E-state index is 12.9. The van der Waals surface area contributed by atoms with Gasteiger partial charge in [0.05, 0.1) is 24.6 Å². The van der Waals surface area contributed by atoms with Crippen LogP contribution in [0.2, 0.25) is 0 Å². The first-order chi connectivity index (χ1) is 11.2. The number of carbonyl (C=O) groups is 1. The lowest BCUT2D eigenvalue weighted by molar-refractivity contribution is -0.125. The molecule has 1 aromatic carbocycles. The van der Waals surface area contributed by atoms with Gasteiger partial charge in [0.1, 0.15) is 11.9 Å². The van der Waals surface area contributed by atoms with E-state index in [2.05, 4.69) is 15.7 Å². The molecular weight excluding hydrogens is 335 g/mol. The van der Waals surface area contributed by atoms with Gasteiger partial charge in [-0.3, -0.25) is 4.79 Å². The fraction of sp³-hybridized carbons (Fsp3) is 0.375. The molecule has 2 heterocycles. The van der Waals surface area contributed by atoms with Crippen molar-refractivity contribution in [2.45, 2.75) is 12.5 Å². The summed E-state index contributed by atoms with van der Waals surface area (Å²) < 4.78 is 19.9. The number of nitrogens with zero attached hydrogens (tertiary/aromatic N) is 2. The van der Waals surface area contributed by atoms with E-state index < -0.39 is 0 Å². The van der Waals surface area contributed by atoms with E-state index in [0.717, 1.165) is 11.4 Å². The molecule has 8 heteroatoms. The molecule has 1 unspecified atom stereocenters. The average Bonchev–Trinajstić information content (AvgIpc) is 3.05. The zero-order valence-corrected chi connectivity index (χ0v) is 13.9. The smallest absolute Gasteiger partial charge is 0.239 e. The molecule has 1 aromatic heterocycles. The summed E-state index contributed by atoms with van der Waals surface area (Å²) in [5.41, 5.74) is 1.66. The summed E-state index contributed by atoms with van der Waals surface area (Å²) in [6, 6.07) is 7.75. The Morgan fingerprint density at radius 2 is 2.17 bits per heavy atom. The van der Waals surface area contributed by atoms with Gasteiger partial charge in [-0.15, -0.1) is 12.4 Å². The monoisotopic (exact) mass is 354 g/mol. The maximum absolute atomic E-state index is 12.9. The van der Waals surface area contributed by atoms with E-state index in [0.29, 0.717) is 32.7 Å². The highest BCUT2D eigenvalue weighted by Gasteiger charge is 2.20. The van der Waals surface area contributed by atoms with Gasteiger partial charge >= 0.3 is 0 Å². The normalized spacial score (nSPS) is 17.1. The van der Waals surface area contributed by atoms with Crippen molar-refractivity contribution >= 4 is 18.3 Å². The SMILES string of the molecule is Cl.O=C(NCCc1ccn(-c2ccc(F)cc2)n1)C1COCCN1. The standard InChI is InChI=1S/C16H19FN4O2.ClH/c17-12-1-3-14(4-2-12)21-9-6-13(20-21)5-7-19-16(22)15-11-23-10-8-18-15;/h1-4,6,9,15,18H,5,7-8,10-11H2,(H,19,22);1H. The number of nitrogens with one attached hydrogen (secondary N) is 2. The van der Waals surface area contributed by atoms with Crippen molar-refractivity contribution < 1.29 is 13.9 Å². The predicted molar refractivity (Wildman–Crippen MR) is 90.1 cm³/mol. The van der Waals surface area contributed by atoms with Gasteiger partial charge in [0.25, 0.3) is 0 Å². The van der Waals surface area contributed by atoms with Gasteiger partial charge < -0.3 is 15.4 Å². The van der Waals surface area contributed by atoms with Gasteiger partial charge in [-0.1, -0.05) is 0 Å². The first-order valence-electron chi connectivity index (χ1n) is 7.62. The molecule has 0 spiro atoms. The predicted octanol–water partition coefficient (Wildman–Crippen LogP) is 1.08. The summed E-state index contributed by atoms with van der Waals surface area (Å²) >= 11 is 0. The molecule has 0 aliphatic carbocycles. The summed E-state index contributed by atoms with van der Waals surface area (Å²) in [7, 11) is 0. The van der Waals surface area contributed by atoms with Crippen LogP contribution in [0.15, 0.2) is 36.5 Å². The molecule has 2 aromatic rings. The van der Waals surface area contributed by atoms with Crippen LogP contribution in [0, 0.1) is 5.82 Å². The van der Waals surface area contributed by atoms with Crippen molar-refractivity contribution in [1.82, 2.24) is 20.4 Å². The van der Waals surface area contributed by atoms with Crippen molar-refractivity contribution in [3.05, 3.63) is 48.0 Å². The molecule has 1 atom stereocenters. The van der Waals surface area contributed by atoms with Crippen LogP contribution >= 0.6 is 12.4 Å². The third-order valence-corrected chi connectivity index (χ3v) is 3.65. The van der Waals surface area contributed by atoms with E-state index in [1.807, 2.05) is 12.3 Å². The number of halogens is 2. The summed E-state index contributed by atoms with van der Waals surface area (Å²) in [5, 5.41) is 10.4. The number of carbonyl (C=O) groups excluding carboxylic acids is 1. The van der Waals surface area contributed by atoms with Crippen LogP contribution in [0.3, 0.4) is 0 Å². The second-order valence-electron chi connectivity index (χ2n) is 5.35. The topological polar surface area (TPSA) is 68.2 Å². The van der Waals surface area contributed by atoms with E-state index in [4.69, 9.17) is 4.74 Å². The Balaban J connectivity index is 0.00000208. The van der Waals surface area contributed by atoms with Crippen LogP contribution in [-0.4, -0.2) is 48.0 Å². The van der Waals surface area contributed by atoms with Crippen LogP contribution in [0.25, 0.3) is 5.69 Å². The molecule has 1 saturated heterocycles. The van der Waals surface area contributed by atoms with E-state index in [1.165, 1.54) is 12.1 Å². The Hall–Kier alpha value is -1.96. The number of amides is 1. The van der Waals surface area contributed by atoms with E-state index in [9.17, 15) is 9.18 Å². The highest BCUT2D eigenvalue weighted by Crippen LogP contribution is 2.09. The maximum Gasteiger partial charge on any atom is 0.239 e. The summed E-state index contributed by atoms with van der Waals surface area (Å²) in [6.07, 6.45) is 2.45. The molecule has 3 rings (SSSR count). The van der Waals surface area contributed by atoms with Crippen LogP contribution < -0.4 is 10.6 Å². The van der Waals surface area contributed by atoms with Crippen molar-refractivity contribution in [3.63, 3.8) is 0 Å². The van der Waals surface area contributed by atoms with Crippen molar-refractivity contribution in [1.29, 1.82) is 0 Å². The molecule has 1 amide bonds. The van der Waals surface area contributed by atoms with Crippen LogP contribution in [0.1, 0.15) is 5.69 Å². The van der Waals surface area contributed by atoms with E-state index in [1.54, 1.807) is 16.8 Å². The molecule has 0 radical (unpaired) electrons. The largest absolute Gasteiger partial charge is 0.378 e. The van der Waals surface area contributed by atoms with Crippen molar-refractivity contribution in [2.24, 2.45) is 0 Å². The lowest BCUT2D eigenvalue weighted by atomic mass is 10.2. The first-order valence-corrected chi connectivity index (χ1v) is 7.62. The van der Waals surface area contributed by atoms with Crippen LogP contribution in [0.5, 0.6) is 0 Å². The number of morpholine rings is 1. The van der Waals surface area contributed by atoms with Gasteiger partial charge in [-0.2, -0.15) is 5.10 Å². The summed E-state index contributed by atoms with van der Waals surface area (Å²) in [6.45, 7) is 2.26. The fourth-order valence-corrected chi connectivity index (χ4v) is 2.40. The number of ether oxygens (including phenoxy) is 1. The lowest BCUT2D eigenvalue weighted by Gasteiger charge is -2.22. The number of hydrogen-bond acceptors (Lipinski definition) is 4. The fourth-order valence-electron chi connectivity index (χ4n) is 2.40. The van der Waals surface area contributed by atoms with Crippen LogP contribution in [-0.2, 0) is 16.0 Å². The molecule has 24 heavy (non-hydrogen) atoms. The molecule has 130 valence electrons. The zero-order chi connectivity index (χ0) is 16.1. The number of benzene rings is 1. The highest BCUT2D eigenvalue weighted by atomic mass is 35.5. The van der Waals surface area contributed by atoms with Crippen LogP contribution in [0.4, 0.5) is 4.39 Å². The van der Waals surface area contributed by atoms with Gasteiger partial charge in [0, 0.05) is 25.7 Å². The van der Waals surface area contributed by atoms with Gasteiger partial charge in [0.15, 0.2) is 0 Å². The number of rotatable bonds is 5. The van der Waals surface area contributed by atoms with E-state index >= 15 is 0 Å². The molecule has 0 bridgehead atoms. The zero-order valence-electron chi connectivity index (χ0n) is 13.1. The minimum absolute atomic E-state index is 0. The lowest BCUT2D eigenvalue weighted by Crippen LogP contribution is -2.51. The number of hydrogen-bond donors (Lipinski definition) is 2. The molecule has 1 aliphatic heterocycles. The molecule has 1 fully saturated rings. The average molecular weight is 355 g/mol. The Labute approximate surface area is 145 Å². The highest BCUT2D eigenvalue weighted by molar-refractivity contribution is 5.85. The van der Waals surface area contributed by atoms with Gasteiger partial charge in [-0.05, 0) is 30.3 Å². The van der Waals surface area contributed by atoms with Gasteiger partial charge in [0.2, 0.25) is 5.91 Å². The second-order valence-corrected chi connectivity index (χ2v) is 5.35. The minimum Gasteiger partial charge on any atom is -0.378 e. The third kappa shape index (κ3) is 4.77. The van der Waals surface area contributed by atoms with E-state index in [-0.39, 0.29) is 30.2 Å². The Morgan fingerprint density at radius 1 is 1.38 bits per heavy atom. The second kappa shape index (κ2) is 8.77. The molecule has 2 N–H and O–H groups in total. The summed E-state index contributed by atoms with van der Waals surface area (Å²) in [5.74, 6) is -0.327. The quantitative estimate of drug-likeness (QED) is 0.843. The first kappa shape index (κ1) is 18.4. The third-order valence-electron chi connectivity index (χ3n) is 3.65. The Morgan fingerprint density at radius 3 is 2.88 bits per heavy atom. The minimum atomic E-state index is -0.277.